The van der Waals surface area contributed by atoms with Crippen LogP contribution in [-0.4, -0.2) is 23.4 Å². The molecule has 0 heterocycles. The topological polar surface area (TPSA) is 82.1 Å². The Labute approximate surface area is 89.5 Å². The van der Waals surface area contributed by atoms with Crippen LogP contribution in [0.25, 0.3) is 0 Å². The van der Waals surface area contributed by atoms with E-state index in [0.717, 1.165) is 0 Å². The molecule has 0 aromatic heterocycles. The summed E-state index contributed by atoms with van der Waals surface area (Å²) >= 11 is 0. The molecule has 0 amide bonds. The minimum absolute atomic E-state index is 0.174. The number of ether oxygens (including phenoxy) is 2. The smallest absolute Gasteiger partial charge is 0.435 e. The van der Waals surface area contributed by atoms with E-state index in [-0.39, 0.29) is 19.4 Å². The molecule has 0 radical (unpaired) electrons. The van der Waals surface area contributed by atoms with Gasteiger partial charge in [0.2, 0.25) is 0 Å². The van der Waals surface area contributed by atoms with Crippen LogP contribution in [0.2, 0.25) is 0 Å². The summed E-state index contributed by atoms with van der Waals surface area (Å²) in [6.45, 7) is 5.17. The van der Waals surface area contributed by atoms with Gasteiger partial charge >= 0.3 is 14.4 Å². The third-order valence-electron chi connectivity index (χ3n) is 1.85. The summed E-state index contributed by atoms with van der Waals surface area (Å²) in [6.07, 6.45) is -0.369. The molecule has 1 atom stereocenters. The van der Waals surface area contributed by atoms with Crippen LogP contribution in [0, 0.1) is 0 Å². The van der Waals surface area contributed by atoms with Crippen molar-refractivity contribution < 1.29 is 28.3 Å². The average Bonchev–Trinajstić information content (AvgIpc) is 2.16. The fraction of sp³-hybridized carbons (Fsp3) is 0.875. The van der Waals surface area contributed by atoms with Crippen molar-refractivity contribution in [3.63, 3.8) is 0 Å². The maximum Gasteiger partial charge on any atom is 0.698 e. The lowest BCUT2D eigenvalue weighted by atomic mass is 10.1. The van der Waals surface area contributed by atoms with E-state index in [0.29, 0.717) is 0 Å². The van der Waals surface area contributed by atoms with Crippen molar-refractivity contribution >= 4 is 14.4 Å². The van der Waals surface area contributed by atoms with E-state index >= 15 is 0 Å². The van der Waals surface area contributed by atoms with Gasteiger partial charge in [0, 0.05) is 17.4 Å². The Kier molecular flexibility index (Phi) is 6.40. The highest BCUT2D eigenvalue weighted by Crippen LogP contribution is 2.32. The molecule has 0 aromatic rings. The van der Waals surface area contributed by atoms with Crippen LogP contribution in [0.15, 0.2) is 0 Å². The summed E-state index contributed by atoms with van der Waals surface area (Å²) in [6, 6.07) is 0. The van der Waals surface area contributed by atoms with Crippen molar-refractivity contribution in [2.24, 2.45) is 0 Å². The van der Waals surface area contributed by atoms with Crippen molar-refractivity contribution in [1.82, 2.24) is 0 Å². The van der Waals surface area contributed by atoms with Crippen LogP contribution in [0.1, 0.15) is 33.6 Å². The molecule has 15 heavy (non-hydrogen) atoms. The number of rotatable bonds is 6. The van der Waals surface area contributed by atoms with Crippen LogP contribution in [0.5, 0.6) is 0 Å². The molecule has 0 fully saturated rings. The Bertz CT molecular complexity index is 225. The molecule has 0 spiro atoms. The minimum atomic E-state index is -2.82. The second-order valence-corrected chi connectivity index (χ2v) is 3.39. The Hall–Kier alpha value is -0.710. The maximum absolute atomic E-state index is 11.1. The molecular weight excluding hydrogens is 223 g/mol. The first-order valence-electron chi connectivity index (χ1n) is 4.70. The fourth-order valence-corrected chi connectivity index (χ4v) is 1.56. The molecule has 88 valence electrons. The highest BCUT2D eigenvalue weighted by Gasteiger charge is 2.41. The van der Waals surface area contributed by atoms with Crippen LogP contribution < -0.4 is 0 Å². The third kappa shape index (κ3) is 5.06. The van der Waals surface area contributed by atoms with Gasteiger partial charge in [-0.25, -0.2) is 4.79 Å². The van der Waals surface area contributed by atoms with E-state index in [1.807, 2.05) is 0 Å². The molecule has 1 unspecified atom stereocenters. The van der Waals surface area contributed by atoms with E-state index in [2.05, 4.69) is 4.74 Å². The minimum Gasteiger partial charge on any atom is -0.435 e. The number of hydrogen-bond donors (Lipinski definition) is 1. The van der Waals surface area contributed by atoms with E-state index in [9.17, 15) is 9.36 Å². The second-order valence-electron chi connectivity index (χ2n) is 2.73. The average molecular weight is 239 g/mol. The second kappa shape index (κ2) is 6.71. The van der Waals surface area contributed by atoms with Crippen LogP contribution >= 0.6 is 8.25 Å². The van der Waals surface area contributed by atoms with E-state index in [1.54, 1.807) is 20.8 Å². The predicted octanol–water partition coefficient (Wildman–Crippen LogP) is 2.34. The van der Waals surface area contributed by atoms with Gasteiger partial charge in [0.25, 0.3) is 5.79 Å². The largest absolute Gasteiger partial charge is 0.698 e. The zero-order valence-electron chi connectivity index (χ0n) is 9.06. The summed E-state index contributed by atoms with van der Waals surface area (Å²) in [5, 5.41) is 0. The third-order valence-corrected chi connectivity index (χ3v) is 2.34. The molecule has 7 heteroatoms. The number of carbonyl (C=O) groups excluding carboxylic acids is 1. The van der Waals surface area contributed by atoms with E-state index in [4.69, 9.17) is 14.2 Å². The first kappa shape index (κ1) is 14.3. The van der Waals surface area contributed by atoms with Crippen LogP contribution in [0.3, 0.4) is 0 Å². The van der Waals surface area contributed by atoms with Gasteiger partial charge in [0.05, 0.1) is 6.61 Å². The van der Waals surface area contributed by atoms with E-state index < -0.39 is 20.2 Å². The van der Waals surface area contributed by atoms with Gasteiger partial charge in [-0.1, -0.05) is 18.4 Å². The van der Waals surface area contributed by atoms with Crippen molar-refractivity contribution in [3.05, 3.63) is 0 Å². The van der Waals surface area contributed by atoms with Crippen LogP contribution in [-0.2, 0) is 18.6 Å². The molecule has 0 aliphatic rings. The molecule has 0 bridgehead atoms. The Morgan fingerprint density at radius 1 is 1.33 bits per heavy atom. The molecular formula is C8H16O6P+. The number of hydrogen-bond acceptors (Lipinski definition) is 5. The maximum atomic E-state index is 11.1. The zero-order valence-corrected chi connectivity index (χ0v) is 9.95. The molecule has 0 saturated carbocycles. The molecule has 0 rings (SSSR count). The fourth-order valence-electron chi connectivity index (χ4n) is 0.984. The van der Waals surface area contributed by atoms with Gasteiger partial charge in [-0.15, -0.1) is 4.89 Å². The predicted molar refractivity (Wildman–Crippen MR) is 52.3 cm³/mol. The van der Waals surface area contributed by atoms with Gasteiger partial charge in [0.15, 0.2) is 0 Å². The first-order chi connectivity index (χ1) is 6.99. The molecule has 0 aromatic carbocycles. The van der Waals surface area contributed by atoms with Crippen molar-refractivity contribution in [2.45, 2.75) is 39.4 Å². The summed E-state index contributed by atoms with van der Waals surface area (Å²) in [7, 11) is -2.82. The first-order valence-corrected chi connectivity index (χ1v) is 5.83. The molecule has 0 aliphatic heterocycles. The summed E-state index contributed by atoms with van der Waals surface area (Å²) in [5.74, 6) is -1.38. The lowest BCUT2D eigenvalue weighted by Gasteiger charge is -2.23. The van der Waals surface area contributed by atoms with E-state index in [1.165, 1.54) is 0 Å². The molecule has 6 nitrogen and oxygen atoms in total. The van der Waals surface area contributed by atoms with Crippen molar-refractivity contribution in [1.29, 1.82) is 0 Å². The lowest BCUT2D eigenvalue weighted by Crippen LogP contribution is -2.35. The Morgan fingerprint density at radius 2 is 1.87 bits per heavy atom. The van der Waals surface area contributed by atoms with Gasteiger partial charge in [-0.05, 0) is 6.92 Å². The summed E-state index contributed by atoms with van der Waals surface area (Å²) < 4.78 is 24.7. The van der Waals surface area contributed by atoms with Crippen molar-refractivity contribution in [2.75, 3.05) is 6.61 Å². The monoisotopic (exact) mass is 239 g/mol. The quantitative estimate of drug-likeness (QED) is 0.435. The molecule has 0 aliphatic carbocycles. The standard InChI is InChI=1S/C8H15O6P/c1-4-8(5-2,14-15(10)11)13-7(9)12-6-3/h4-6H2,1-3H3/p+1. The van der Waals surface area contributed by atoms with Gasteiger partial charge in [-0.2, -0.15) is 0 Å². The Morgan fingerprint density at radius 3 is 2.20 bits per heavy atom. The summed E-state index contributed by atoms with van der Waals surface area (Å²) in [5.41, 5.74) is 0. The molecule has 0 saturated heterocycles. The number of carbonyl (C=O) groups is 1. The van der Waals surface area contributed by atoms with Gasteiger partial charge in [-0.3, -0.25) is 0 Å². The van der Waals surface area contributed by atoms with Crippen molar-refractivity contribution in [3.8, 4) is 0 Å². The SMILES string of the molecule is CCOC(=O)OC(CC)(CC)O[P+](=O)O. The highest BCUT2D eigenvalue weighted by molar-refractivity contribution is 7.32. The van der Waals surface area contributed by atoms with Gasteiger partial charge < -0.3 is 9.47 Å². The highest BCUT2D eigenvalue weighted by atomic mass is 31.1. The normalized spacial score (nSPS) is 12.1. The lowest BCUT2D eigenvalue weighted by molar-refractivity contribution is -0.161. The zero-order chi connectivity index (χ0) is 11.9. The van der Waals surface area contributed by atoms with Crippen LogP contribution in [0.4, 0.5) is 4.79 Å². The van der Waals surface area contributed by atoms with Gasteiger partial charge in [0.1, 0.15) is 0 Å². The molecule has 1 N–H and O–H groups in total. The summed E-state index contributed by atoms with van der Waals surface area (Å²) in [4.78, 5) is 19.7. The Balaban J connectivity index is 4.48.